The van der Waals surface area contributed by atoms with E-state index in [1.54, 1.807) is 6.07 Å². The van der Waals surface area contributed by atoms with Crippen LogP contribution in [0, 0.1) is 0 Å². The summed E-state index contributed by atoms with van der Waals surface area (Å²) in [6.45, 7) is 0.638. The van der Waals surface area contributed by atoms with Crippen LogP contribution in [0.4, 0.5) is 8.78 Å². The first-order valence-corrected chi connectivity index (χ1v) is 4.78. The van der Waals surface area contributed by atoms with Gasteiger partial charge in [-0.2, -0.15) is 0 Å². The Morgan fingerprint density at radius 2 is 1.93 bits per heavy atom. The maximum Gasteiger partial charge on any atom is 0.242 e. The molecule has 3 heteroatoms. The fraction of sp³-hybridized carbons (Fsp3) is 0.455. The zero-order valence-electron chi connectivity index (χ0n) is 8.05. The van der Waals surface area contributed by atoms with Crippen LogP contribution in [-0.2, 0) is 12.8 Å². The number of aryl methyl sites for hydroxylation is 1. The van der Waals surface area contributed by atoms with E-state index in [1.165, 1.54) is 0 Å². The maximum absolute atomic E-state index is 12.1. The zero-order chi connectivity index (χ0) is 10.4. The molecule has 14 heavy (non-hydrogen) atoms. The Bertz CT molecular complexity index is 274. The van der Waals surface area contributed by atoms with Crippen molar-refractivity contribution >= 4 is 0 Å². The van der Waals surface area contributed by atoms with E-state index < -0.39 is 6.43 Å². The van der Waals surface area contributed by atoms with E-state index in [9.17, 15) is 8.78 Å². The molecule has 0 aromatic heterocycles. The van der Waals surface area contributed by atoms with Gasteiger partial charge in [0.15, 0.2) is 0 Å². The van der Waals surface area contributed by atoms with E-state index in [0.717, 1.165) is 18.4 Å². The van der Waals surface area contributed by atoms with Gasteiger partial charge in [0.2, 0.25) is 6.43 Å². The smallest absolute Gasteiger partial charge is 0.242 e. The first-order valence-electron chi connectivity index (χ1n) is 4.78. The molecule has 0 amide bonds. The van der Waals surface area contributed by atoms with E-state index in [2.05, 4.69) is 0 Å². The van der Waals surface area contributed by atoms with Gasteiger partial charge in [0.05, 0.1) is 0 Å². The molecule has 0 fully saturated rings. The number of alkyl halides is 2. The molecule has 0 spiro atoms. The molecule has 0 heterocycles. The van der Waals surface area contributed by atoms with Crippen LogP contribution in [0.2, 0.25) is 0 Å². The monoisotopic (exact) mass is 199 g/mol. The van der Waals surface area contributed by atoms with Crippen LogP contribution in [0.15, 0.2) is 24.3 Å². The fourth-order valence-corrected chi connectivity index (χ4v) is 1.40. The predicted molar refractivity (Wildman–Crippen MR) is 53.5 cm³/mol. The van der Waals surface area contributed by atoms with Gasteiger partial charge in [0.1, 0.15) is 0 Å². The number of nitrogens with two attached hydrogens (primary N) is 1. The lowest BCUT2D eigenvalue weighted by Crippen LogP contribution is -2.01. The fourth-order valence-electron chi connectivity index (χ4n) is 1.40. The summed E-state index contributed by atoms with van der Waals surface area (Å²) in [5.41, 5.74) is 7.17. The molecule has 0 saturated heterocycles. The van der Waals surface area contributed by atoms with Crippen molar-refractivity contribution in [2.24, 2.45) is 5.73 Å². The maximum atomic E-state index is 12.1. The SMILES string of the molecule is NCCCc1cccc(CC(F)F)c1. The summed E-state index contributed by atoms with van der Waals surface area (Å²) in [4.78, 5) is 0. The van der Waals surface area contributed by atoms with Gasteiger partial charge in [-0.3, -0.25) is 0 Å². The molecule has 0 aliphatic heterocycles. The molecule has 78 valence electrons. The van der Waals surface area contributed by atoms with Crippen molar-refractivity contribution in [3.05, 3.63) is 35.4 Å². The first-order chi connectivity index (χ1) is 6.72. The molecule has 1 aromatic carbocycles. The average molecular weight is 199 g/mol. The van der Waals surface area contributed by atoms with Gasteiger partial charge in [-0.15, -0.1) is 0 Å². The third kappa shape index (κ3) is 3.83. The second-order valence-corrected chi connectivity index (χ2v) is 3.31. The van der Waals surface area contributed by atoms with Gasteiger partial charge in [0.25, 0.3) is 0 Å². The molecule has 1 aromatic rings. The Balaban J connectivity index is 2.59. The van der Waals surface area contributed by atoms with Crippen molar-refractivity contribution in [3.8, 4) is 0 Å². The number of benzene rings is 1. The number of hydrogen-bond donors (Lipinski definition) is 1. The third-order valence-electron chi connectivity index (χ3n) is 2.05. The van der Waals surface area contributed by atoms with E-state index in [0.29, 0.717) is 12.1 Å². The molecule has 0 unspecified atom stereocenters. The van der Waals surface area contributed by atoms with Gasteiger partial charge >= 0.3 is 0 Å². The van der Waals surface area contributed by atoms with Crippen molar-refractivity contribution in [1.82, 2.24) is 0 Å². The predicted octanol–water partition coefficient (Wildman–Crippen LogP) is 2.39. The van der Waals surface area contributed by atoms with Crippen LogP contribution in [-0.4, -0.2) is 13.0 Å². The van der Waals surface area contributed by atoms with Crippen LogP contribution in [0.25, 0.3) is 0 Å². The minimum Gasteiger partial charge on any atom is -0.330 e. The molecule has 0 aliphatic carbocycles. The van der Waals surface area contributed by atoms with Gasteiger partial charge in [-0.25, -0.2) is 8.78 Å². The first kappa shape index (κ1) is 11.1. The van der Waals surface area contributed by atoms with Gasteiger partial charge in [0, 0.05) is 6.42 Å². The highest BCUT2D eigenvalue weighted by Crippen LogP contribution is 2.11. The lowest BCUT2D eigenvalue weighted by molar-refractivity contribution is 0.149. The second kappa shape index (κ2) is 5.70. The van der Waals surface area contributed by atoms with Crippen molar-refractivity contribution < 1.29 is 8.78 Å². The Labute approximate surface area is 82.9 Å². The zero-order valence-corrected chi connectivity index (χ0v) is 8.05. The van der Waals surface area contributed by atoms with Crippen LogP contribution in [0.1, 0.15) is 17.5 Å². The molecule has 2 N–H and O–H groups in total. The summed E-state index contributed by atoms with van der Waals surface area (Å²) in [5, 5.41) is 0. The van der Waals surface area contributed by atoms with Crippen LogP contribution >= 0.6 is 0 Å². The number of rotatable bonds is 5. The highest BCUT2D eigenvalue weighted by molar-refractivity contribution is 5.23. The molecule has 0 aliphatic rings. The van der Waals surface area contributed by atoms with E-state index in [-0.39, 0.29) is 6.42 Å². The molecule has 1 rings (SSSR count). The Hall–Kier alpha value is -0.960. The van der Waals surface area contributed by atoms with E-state index in [4.69, 9.17) is 5.73 Å². The lowest BCUT2D eigenvalue weighted by atomic mass is 10.0. The Morgan fingerprint density at radius 3 is 2.57 bits per heavy atom. The summed E-state index contributed by atoms with van der Waals surface area (Å²) >= 11 is 0. The van der Waals surface area contributed by atoms with Gasteiger partial charge < -0.3 is 5.73 Å². The highest BCUT2D eigenvalue weighted by atomic mass is 19.3. The highest BCUT2D eigenvalue weighted by Gasteiger charge is 2.04. The molecule has 0 radical (unpaired) electrons. The topological polar surface area (TPSA) is 26.0 Å². The lowest BCUT2D eigenvalue weighted by Gasteiger charge is -2.04. The van der Waals surface area contributed by atoms with E-state index >= 15 is 0 Å². The van der Waals surface area contributed by atoms with Crippen molar-refractivity contribution in [3.63, 3.8) is 0 Å². The molecule has 0 bridgehead atoms. The summed E-state index contributed by atoms with van der Waals surface area (Å²) in [5.74, 6) is 0. The second-order valence-electron chi connectivity index (χ2n) is 3.31. The molecular formula is C11H15F2N. The standard InChI is InChI=1S/C11H15F2N/c12-11(13)8-10-4-1-3-9(7-10)5-2-6-14/h1,3-4,7,11H,2,5-6,8,14H2. The summed E-state index contributed by atoms with van der Waals surface area (Å²) in [6.07, 6.45) is -0.651. The Kier molecular flexibility index (Phi) is 4.53. The average Bonchev–Trinajstić information content (AvgIpc) is 2.14. The Morgan fingerprint density at radius 1 is 1.21 bits per heavy atom. The van der Waals surface area contributed by atoms with Crippen LogP contribution in [0.5, 0.6) is 0 Å². The van der Waals surface area contributed by atoms with E-state index in [1.807, 2.05) is 18.2 Å². The molecule has 0 atom stereocenters. The van der Waals surface area contributed by atoms with Crippen molar-refractivity contribution in [2.75, 3.05) is 6.54 Å². The van der Waals surface area contributed by atoms with Gasteiger partial charge in [-0.05, 0) is 30.5 Å². The normalized spacial score (nSPS) is 10.9. The quantitative estimate of drug-likeness (QED) is 0.774. The summed E-state index contributed by atoms with van der Waals surface area (Å²) in [7, 11) is 0. The summed E-state index contributed by atoms with van der Waals surface area (Å²) < 4.78 is 24.2. The minimum absolute atomic E-state index is 0.156. The summed E-state index contributed by atoms with van der Waals surface area (Å²) in [6, 6.07) is 7.34. The minimum atomic E-state index is -2.26. The largest absolute Gasteiger partial charge is 0.330 e. The molecular weight excluding hydrogens is 184 g/mol. The molecule has 1 nitrogen and oxygen atoms in total. The number of hydrogen-bond acceptors (Lipinski definition) is 1. The van der Waals surface area contributed by atoms with Crippen LogP contribution in [0.3, 0.4) is 0 Å². The van der Waals surface area contributed by atoms with Crippen molar-refractivity contribution in [1.29, 1.82) is 0 Å². The number of halogens is 2. The van der Waals surface area contributed by atoms with Gasteiger partial charge in [-0.1, -0.05) is 24.3 Å². The molecule has 0 saturated carbocycles. The van der Waals surface area contributed by atoms with Crippen LogP contribution < -0.4 is 5.73 Å². The third-order valence-corrected chi connectivity index (χ3v) is 2.05. The van der Waals surface area contributed by atoms with Crippen molar-refractivity contribution in [2.45, 2.75) is 25.7 Å².